The molecule has 5 heteroatoms. The van der Waals surface area contributed by atoms with Crippen molar-refractivity contribution in [2.45, 2.75) is 37.8 Å². The lowest BCUT2D eigenvalue weighted by molar-refractivity contribution is 0.162. The van der Waals surface area contributed by atoms with E-state index in [0.29, 0.717) is 12.2 Å². The summed E-state index contributed by atoms with van der Waals surface area (Å²) in [5, 5.41) is 13.0. The molecule has 0 bridgehead atoms. The monoisotopic (exact) mass is 273 g/mol. The van der Waals surface area contributed by atoms with Crippen LogP contribution in [0.15, 0.2) is 35.3 Å². The van der Waals surface area contributed by atoms with Crippen molar-refractivity contribution in [2.75, 3.05) is 6.61 Å². The van der Waals surface area contributed by atoms with Gasteiger partial charge in [0.15, 0.2) is 0 Å². The van der Waals surface area contributed by atoms with E-state index in [1.807, 2.05) is 18.2 Å². The van der Waals surface area contributed by atoms with Crippen molar-refractivity contribution >= 4 is 5.65 Å². The molecule has 2 heterocycles. The number of aliphatic hydroxyl groups is 1. The summed E-state index contributed by atoms with van der Waals surface area (Å²) in [6.45, 7) is 0.654. The first-order valence-corrected chi connectivity index (χ1v) is 7.06. The normalized spacial score (nSPS) is 17.6. The summed E-state index contributed by atoms with van der Waals surface area (Å²) in [7, 11) is 0. The third-order valence-electron chi connectivity index (χ3n) is 4.13. The molecule has 0 saturated heterocycles. The number of aromatic nitrogens is 2. The second-order valence-corrected chi connectivity index (χ2v) is 5.51. The van der Waals surface area contributed by atoms with Crippen LogP contribution in [0.25, 0.3) is 5.65 Å². The van der Waals surface area contributed by atoms with Crippen molar-refractivity contribution in [3.63, 3.8) is 0 Å². The Labute approximate surface area is 117 Å². The summed E-state index contributed by atoms with van der Waals surface area (Å²) >= 11 is 0. The van der Waals surface area contributed by atoms with Crippen LogP contribution in [0, 0.1) is 0 Å². The minimum absolute atomic E-state index is 0.0723. The molecule has 3 rings (SSSR count). The number of hydrogen-bond acceptors (Lipinski definition) is 4. The quantitative estimate of drug-likeness (QED) is 0.875. The maximum atomic E-state index is 12.0. The van der Waals surface area contributed by atoms with Crippen LogP contribution in [0.4, 0.5) is 0 Å². The zero-order chi connectivity index (χ0) is 14.0. The topological polar surface area (TPSA) is 66.6 Å². The zero-order valence-electron chi connectivity index (χ0n) is 11.4. The Balaban J connectivity index is 1.83. The molecule has 5 nitrogen and oxygen atoms in total. The minimum atomic E-state index is -0.191. The van der Waals surface area contributed by atoms with E-state index in [1.165, 1.54) is 4.40 Å². The Morgan fingerprint density at radius 2 is 2.15 bits per heavy atom. The van der Waals surface area contributed by atoms with Gasteiger partial charge in [0.1, 0.15) is 5.65 Å². The minimum Gasteiger partial charge on any atom is -0.394 e. The van der Waals surface area contributed by atoms with Gasteiger partial charge < -0.3 is 10.4 Å². The summed E-state index contributed by atoms with van der Waals surface area (Å²) < 4.78 is 1.53. The molecule has 2 aromatic heterocycles. The van der Waals surface area contributed by atoms with Gasteiger partial charge in [0, 0.05) is 24.3 Å². The molecule has 2 aromatic rings. The van der Waals surface area contributed by atoms with Crippen molar-refractivity contribution in [1.29, 1.82) is 0 Å². The summed E-state index contributed by atoms with van der Waals surface area (Å²) in [5.74, 6) is 0. The molecule has 0 amide bonds. The van der Waals surface area contributed by atoms with Crippen molar-refractivity contribution < 1.29 is 5.11 Å². The van der Waals surface area contributed by atoms with E-state index in [1.54, 1.807) is 12.3 Å². The molecule has 2 N–H and O–H groups in total. The fourth-order valence-electron chi connectivity index (χ4n) is 2.91. The summed E-state index contributed by atoms with van der Waals surface area (Å²) in [4.78, 5) is 16.5. The van der Waals surface area contributed by atoms with Gasteiger partial charge in [0.05, 0.1) is 12.3 Å². The van der Waals surface area contributed by atoms with E-state index in [9.17, 15) is 9.90 Å². The van der Waals surface area contributed by atoms with Crippen LogP contribution in [-0.4, -0.2) is 26.6 Å². The number of aliphatic hydroxyl groups excluding tert-OH is 1. The van der Waals surface area contributed by atoms with Gasteiger partial charge in [-0.25, -0.2) is 4.98 Å². The maximum absolute atomic E-state index is 12.0. The highest BCUT2D eigenvalue weighted by molar-refractivity contribution is 5.37. The number of fused-ring (bicyclic) bond motifs is 1. The standard InChI is InChI=1S/C15H19N3O2/c19-11-15(6-2-3-7-15)16-10-12-9-14(20)18-8-4-1-5-13(18)17-12/h1,4-5,8-9,16,19H,2-3,6-7,10-11H2. The Hall–Kier alpha value is -1.72. The first-order chi connectivity index (χ1) is 9.72. The predicted octanol–water partition coefficient (Wildman–Crippen LogP) is 1.09. The highest BCUT2D eigenvalue weighted by atomic mass is 16.3. The summed E-state index contributed by atoms with van der Waals surface area (Å²) in [6.07, 6.45) is 5.96. The second kappa shape index (κ2) is 5.34. The summed E-state index contributed by atoms with van der Waals surface area (Å²) in [5.41, 5.74) is 1.11. The second-order valence-electron chi connectivity index (χ2n) is 5.51. The van der Waals surface area contributed by atoms with Crippen LogP contribution in [-0.2, 0) is 6.54 Å². The molecule has 20 heavy (non-hydrogen) atoms. The van der Waals surface area contributed by atoms with Gasteiger partial charge in [-0.1, -0.05) is 18.9 Å². The zero-order valence-corrected chi connectivity index (χ0v) is 11.4. The van der Waals surface area contributed by atoms with E-state index in [0.717, 1.165) is 31.4 Å². The number of pyridine rings is 1. The molecule has 106 valence electrons. The smallest absolute Gasteiger partial charge is 0.258 e. The van der Waals surface area contributed by atoms with Gasteiger partial charge in [0.25, 0.3) is 5.56 Å². The molecule has 0 atom stereocenters. The predicted molar refractivity (Wildman–Crippen MR) is 76.6 cm³/mol. The molecule has 1 fully saturated rings. The highest BCUT2D eigenvalue weighted by Gasteiger charge is 2.32. The van der Waals surface area contributed by atoms with E-state index in [4.69, 9.17) is 0 Å². The van der Waals surface area contributed by atoms with E-state index in [2.05, 4.69) is 10.3 Å². The summed E-state index contributed by atoms with van der Waals surface area (Å²) in [6, 6.07) is 7.06. The molecule has 0 aromatic carbocycles. The van der Waals surface area contributed by atoms with Gasteiger partial charge in [-0.2, -0.15) is 0 Å². The van der Waals surface area contributed by atoms with Crippen LogP contribution in [0.5, 0.6) is 0 Å². The molecule has 1 saturated carbocycles. The fraction of sp³-hybridized carbons (Fsp3) is 0.467. The molecule has 0 unspecified atom stereocenters. The molecule has 0 radical (unpaired) electrons. The van der Waals surface area contributed by atoms with E-state index in [-0.39, 0.29) is 17.7 Å². The fourth-order valence-corrected chi connectivity index (χ4v) is 2.91. The molecular formula is C15H19N3O2. The third kappa shape index (κ3) is 2.46. The Morgan fingerprint density at radius 3 is 2.90 bits per heavy atom. The molecule has 1 aliphatic rings. The van der Waals surface area contributed by atoms with Crippen molar-refractivity contribution in [3.05, 3.63) is 46.5 Å². The van der Waals surface area contributed by atoms with Crippen LogP contribution < -0.4 is 10.9 Å². The largest absolute Gasteiger partial charge is 0.394 e. The first-order valence-electron chi connectivity index (χ1n) is 7.06. The van der Waals surface area contributed by atoms with Crippen LogP contribution in [0.3, 0.4) is 0 Å². The van der Waals surface area contributed by atoms with Crippen molar-refractivity contribution in [1.82, 2.24) is 14.7 Å². The lowest BCUT2D eigenvalue weighted by Gasteiger charge is -2.27. The maximum Gasteiger partial charge on any atom is 0.258 e. The average molecular weight is 273 g/mol. The Bertz CT molecular complexity index is 659. The van der Waals surface area contributed by atoms with Gasteiger partial charge in [0.2, 0.25) is 0 Å². The van der Waals surface area contributed by atoms with Gasteiger partial charge in [-0.15, -0.1) is 0 Å². The average Bonchev–Trinajstić information content (AvgIpc) is 2.95. The lowest BCUT2D eigenvalue weighted by atomic mass is 9.99. The van der Waals surface area contributed by atoms with E-state index < -0.39 is 0 Å². The first kappa shape index (κ1) is 13.3. The van der Waals surface area contributed by atoms with Gasteiger partial charge >= 0.3 is 0 Å². The number of nitrogens with one attached hydrogen (secondary N) is 1. The van der Waals surface area contributed by atoms with Gasteiger partial charge in [-0.05, 0) is 25.0 Å². The molecule has 0 aliphatic heterocycles. The molecule has 1 aliphatic carbocycles. The van der Waals surface area contributed by atoms with Crippen LogP contribution in [0.2, 0.25) is 0 Å². The van der Waals surface area contributed by atoms with Crippen LogP contribution >= 0.6 is 0 Å². The number of rotatable bonds is 4. The SMILES string of the molecule is O=c1cc(CNC2(CO)CCCC2)nc2ccccn12. The number of hydrogen-bond donors (Lipinski definition) is 2. The van der Waals surface area contributed by atoms with Crippen molar-refractivity contribution in [2.24, 2.45) is 0 Å². The highest BCUT2D eigenvalue weighted by Crippen LogP contribution is 2.29. The molecular weight excluding hydrogens is 254 g/mol. The van der Waals surface area contributed by atoms with Gasteiger partial charge in [-0.3, -0.25) is 9.20 Å². The Kier molecular flexibility index (Phi) is 3.54. The third-order valence-corrected chi connectivity index (χ3v) is 4.13. The lowest BCUT2D eigenvalue weighted by Crippen LogP contribution is -2.45. The van der Waals surface area contributed by atoms with Crippen LogP contribution in [0.1, 0.15) is 31.4 Å². The number of nitrogens with zero attached hydrogens (tertiary/aromatic N) is 2. The Morgan fingerprint density at radius 1 is 1.35 bits per heavy atom. The molecule has 0 spiro atoms. The van der Waals surface area contributed by atoms with E-state index >= 15 is 0 Å². The van der Waals surface area contributed by atoms with Crippen molar-refractivity contribution in [3.8, 4) is 0 Å².